The maximum atomic E-state index is 13.1. The van der Waals surface area contributed by atoms with Gasteiger partial charge in [-0.1, -0.05) is 54.6 Å². The fraction of sp³-hybridized carbons (Fsp3) is 0.286. The number of aliphatic carboxylic acids is 1. The normalized spacial score (nSPS) is 22.7. The molecule has 4 rings (SSSR count). The lowest BCUT2D eigenvalue weighted by Gasteiger charge is -2.26. The third-order valence-corrected chi connectivity index (χ3v) is 5.26. The smallest absolute Gasteiger partial charge is 0.304 e. The fourth-order valence-corrected chi connectivity index (χ4v) is 3.80. The van der Waals surface area contributed by atoms with Crippen LogP contribution in [0.5, 0.6) is 0 Å². The van der Waals surface area contributed by atoms with Gasteiger partial charge in [-0.25, -0.2) is 0 Å². The van der Waals surface area contributed by atoms with Gasteiger partial charge in [-0.3, -0.25) is 19.3 Å². The lowest BCUT2D eigenvalue weighted by molar-refractivity contribution is -0.145. The highest BCUT2D eigenvalue weighted by atomic mass is 16.4. The third kappa shape index (κ3) is 2.69. The number of carbonyl (C=O) groups excluding carboxylic acids is 2. The zero-order valence-corrected chi connectivity index (χ0v) is 14.2. The van der Waals surface area contributed by atoms with E-state index >= 15 is 0 Å². The molecule has 2 fully saturated rings. The standard InChI is InChI=1S/C21H19NO4/c23-18-12-21(13-19(24)25,20(26)22(18)17-10-11-17)16-8-6-15(7-9-16)14-4-2-1-3-5-14/h1-9,17H,10-13H2,(H,24,25)/t21-/m0/s1. The maximum Gasteiger partial charge on any atom is 0.304 e. The number of imide groups is 1. The van der Waals surface area contributed by atoms with E-state index in [9.17, 15) is 19.5 Å². The van der Waals surface area contributed by atoms with Gasteiger partial charge < -0.3 is 5.11 Å². The van der Waals surface area contributed by atoms with E-state index in [1.807, 2.05) is 42.5 Å². The Morgan fingerprint density at radius 1 is 1.00 bits per heavy atom. The second kappa shape index (κ2) is 6.09. The number of benzene rings is 2. The molecule has 1 aliphatic carbocycles. The Bertz CT molecular complexity index is 871. The predicted molar refractivity (Wildman–Crippen MR) is 95.3 cm³/mol. The highest BCUT2D eigenvalue weighted by Gasteiger charge is 2.57. The molecule has 1 N–H and O–H groups in total. The van der Waals surface area contributed by atoms with Crippen LogP contribution in [0, 0.1) is 0 Å². The summed E-state index contributed by atoms with van der Waals surface area (Å²) in [5.74, 6) is -1.69. The molecular weight excluding hydrogens is 330 g/mol. The topological polar surface area (TPSA) is 74.7 Å². The van der Waals surface area contributed by atoms with Crippen molar-refractivity contribution in [2.24, 2.45) is 0 Å². The van der Waals surface area contributed by atoms with Crippen LogP contribution in [0.2, 0.25) is 0 Å². The summed E-state index contributed by atoms with van der Waals surface area (Å²) in [7, 11) is 0. The van der Waals surface area contributed by atoms with E-state index in [1.54, 1.807) is 12.1 Å². The molecule has 2 amide bonds. The van der Waals surface area contributed by atoms with Crippen molar-refractivity contribution in [1.29, 1.82) is 0 Å². The van der Waals surface area contributed by atoms with Gasteiger partial charge in [0, 0.05) is 12.5 Å². The number of likely N-dealkylation sites (tertiary alicyclic amines) is 1. The number of hydrogen-bond donors (Lipinski definition) is 1. The SMILES string of the molecule is O=C(O)C[C@]1(c2ccc(-c3ccccc3)cc2)CC(=O)N(C2CC2)C1=O. The first-order valence-electron chi connectivity index (χ1n) is 8.75. The Hall–Kier alpha value is -2.95. The van der Waals surface area contributed by atoms with Crippen molar-refractivity contribution in [2.45, 2.75) is 37.1 Å². The zero-order valence-electron chi connectivity index (χ0n) is 14.2. The summed E-state index contributed by atoms with van der Waals surface area (Å²) in [6.45, 7) is 0. The number of rotatable bonds is 5. The van der Waals surface area contributed by atoms with Gasteiger partial charge in [-0.2, -0.15) is 0 Å². The van der Waals surface area contributed by atoms with E-state index in [0.717, 1.165) is 24.0 Å². The van der Waals surface area contributed by atoms with Crippen molar-refractivity contribution < 1.29 is 19.5 Å². The molecule has 5 nitrogen and oxygen atoms in total. The molecule has 0 bridgehead atoms. The molecule has 26 heavy (non-hydrogen) atoms. The summed E-state index contributed by atoms with van der Waals surface area (Å²) in [4.78, 5) is 38.3. The first-order chi connectivity index (χ1) is 12.5. The van der Waals surface area contributed by atoms with Crippen molar-refractivity contribution in [3.63, 3.8) is 0 Å². The van der Waals surface area contributed by atoms with E-state index in [0.29, 0.717) is 5.56 Å². The Labute approximate surface area is 151 Å². The van der Waals surface area contributed by atoms with Crippen molar-refractivity contribution in [3.05, 3.63) is 60.2 Å². The van der Waals surface area contributed by atoms with Gasteiger partial charge >= 0.3 is 5.97 Å². The van der Waals surface area contributed by atoms with Gasteiger partial charge in [0.25, 0.3) is 0 Å². The van der Waals surface area contributed by atoms with Gasteiger partial charge in [0.15, 0.2) is 0 Å². The van der Waals surface area contributed by atoms with E-state index in [4.69, 9.17) is 0 Å². The molecule has 1 heterocycles. The van der Waals surface area contributed by atoms with E-state index in [2.05, 4.69) is 0 Å². The average Bonchev–Trinajstić information content (AvgIpc) is 3.43. The van der Waals surface area contributed by atoms with Gasteiger partial charge in [0.2, 0.25) is 11.8 Å². The molecule has 1 saturated heterocycles. The van der Waals surface area contributed by atoms with Gasteiger partial charge in [-0.05, 0) is 29.5 Å². The first kappa shape index (κ1) is 16.5. The third-order valence-electron chi connectivity index (χ3n) is 5.26. The molecule has 0 radical (unpaired) electrons. The van der Waals surface area contributed by atoms with Crippen LogP contribution in [0.15, 0.2) is 54.6 Å². The molecule has 5 heteroatoms. The lowest BCUT2D eigenvalue weighted by atomic mass is 9.75. The van der Waals surface area contributed by atoms with E-state index < -0.39 is 11.4 Å². The second-order valence-corrected chi connectivity index (χ2v) is 7.07. The number of carbonyl (C=O) groups is 3. The molecule has 1 aliphatic heterocycles. The zero-order chi connectivity index (χ0) is 18.3. The lowest BCUT2D eigenvalue weighted by Crippen LogP contribution is -2.41. The second-order valence-electron chi connectivity index (χ2n) is 7.07. The molecular formula is C21H19NO4. The predicted octanol–water partition coefficient (Wildman–Crippen LogP) is 2.99. The van der Waals surface area contributed by atoms with Crippen LogP contribution in [-0.4, -0.2) is 33.8 Å². The Morgan fingerprint density at radius 2 is 1.62 bits per heavy atom. The Morgan fingerprint density at radius 3 is 2.19 bits per heavy atom. The van der Waals surface area contributed by atoms with Crippen LogP contribution in [-0.2, 0) is 19.8 Å². The minimum atomic E-state index is -1.29. The van der Waals surface area contributed by atoms with E-state index in [-0.39, 0.29) is 30.7 Å². The molecule has 1 saturated carbocycles. The van der Waals surface area contributed by atoms with Gasteiger partial charge in [0.1, 0.15) is 0 Å². The monoisotopic (exact) mass is 349 g/mol. The average molecular weight is 349 g/mol. The first-order valence-corrected chi connectivity index (χ1v) is 8.75. The fourth-order valence-electron chi connectivity index (χ4n) is 3.80. The number of carboxylic acids is 1. The van der Waals surface area contributed by atoms with Crippen LogP contribution in [0.25, 0.3) is 11.1 Å². The van der Waals surface area contributed by atoms with E-state index in [1.165, 1.54) is 4.90 Å². The maximum absolute atomic E-state index is 13.1. The summed E-state index contributed by atoms with van der Waals surface area (Å²) >= 11 is 0. The van der Waals surface area contributed by atoms with Gasteiger partial charge in [0.05, 0.1) is 11.8 Å². The van der Waals surface area contributed by atoms with Crippen molar-refractivity contribution in [1.82, 2.24) is 4.90 Å². The van der Waals surface area contributed by atoms with Gasteiger partial charge in [-0.15, -0.1) is 0 Å². The largest absolute Gasteiger partial charge is 0.481 e. The minimum Gasteiger partial charge on any atom is -0.481 e. The Kier molecular flexibility index (Phi) is 3.87. The number of hydrogen-bond acceptors (Lipinski definition) is 3. The molecule has 2 aromatic carbocycles. The molecule has 2 aliphatic rings. The number of amides is 2. The summed E-state index contributed by atoms with van der Waals surface area (Å²) in [6.07, 6.45) is 1.19. The number of nitrogens with zero attached hydrogens (tertiary/aromatic N) is 1. The summed E-state index contributed by atoms with van der Waals surface area (Å²) in [5, 5.41) is 9.40. The summed E-state index contributed by atoms with van der Waals surface area (Å²) in [6, 6.07) is 17.1. The molecule has 1 atom stereocenters. The van der Waals surface area contributed by atoms with Crippen LogP contribution in [0.1, 0.15) is 31.2 Å². The molecule has 0 unspecified atom stereocenters. The molecule has 0 spiro atoms. The van der Waals surface area contributed by atoms with Crippen molar-refractivity contribution in [2.75, 3.05) is 0 Å². The van der Waals surface area contributed by atoms with Crippen LogP contribution in [0.3, 0.4) is 0 Å². The number of carboxylic acid groups (broad SMARTS) is 1. The quantitative estimate of drug-likeness (QED) is 0.842. The highest BCUT2D eigenvalue weighted by molar-refractivity contribution is 6.11. The summed E-state index contributed by atoms with van der Waals surface area (Å²) in [5.41, 5.74) is 1.33. The Balaban J connectivity index is 1.72. The summed E-state index contributed by atoms with van der Waals surface area (Å²) < 4.78 is 0. The highest BCUT2D eigenvalue weighted by Crippen LogP contribution is 2.44. The van der Waals surface area contributed by atoms with Crippen LogP contribution < -0.4 is 0 Å². The molecule has 2 aromatic rings. The molecule has 132 valence electrons. The minimum absolute atomic E-state index is 0.0470. The van der Waals surface area contributed by atoms with Crippen molar-refractivity contribution in [3.8, 4) is 11.1 Å². The van der Waals surface area contributed by atoms with Crippen LogP contribution >= 0.6 is 0 Å². The van der Waals surface area contributed by atoms with Crippen LogP contribution in [0.4, 0.5) is 0 Å². The molecule has 0 aromatic heterocycles. The van der Waals surface area contributed by atoms with Crippen molar-refractivity contribution >= 4 is 17.8 Å².